The van der Waals surface area contributed by atoms with Gasteiger partial charge in [-0.1, -0.05) is 25.7 Å². The summed E-state index contributed by atoms with van der Waals surface area (Å²) in [6.07, 6.45) is 0.956. The van der Waals surface area contributed by atoms with Crippen LogP contribution in [0.25, 0.3) is 0 Å². The summed E-state index contributed by atoms with van der Waals surface area (Å²) in [7, 11) is 0. The lowest BCUT2D eigenvalue weighted by Gasteiger charge is -2.20. The van der Waals surface area contributed by atoms with Crippen molar-refractivity contribution in [1.29, 1.82) is 0 Å². The van der Waals surface area contributed by atoms with E-state index in [0.717, 1.165) is 6.42 Å². The molecule has 0 atom stereocenters. The van der Waals surface area contributed by atoms with E-state index < -0.39 is 5.82 Å². The topological polar surface area (TPSA) is 46.3 Å². The number of likely N-dealkylation sites (tertiary alicyclic amines) is 1. The molecule has 0 aliphatic carbocycles. The molecule has 0 spiro atoms. The van der Waals surface area contributed by atoms with Gasteiger partial charge in [0.1, 0.15) is 5.82 Å². The van der Waals surface area contributed by atoms with Gasteiger partial charge in [0.2, 0.25) is 0 Å². The van der Waals surface area contributed by atoms with Crippen LogP contribution in [0.4, 0.5) is 4.39 Å². The van der Waals surface area contributed by atoms with Gasteiger partial charge in [-0.15, -0.1) is 0 Å². The first-order valence-corrected chi connectivity index (χ1v) is 6.71. The summed E-state index contributed by atoms with van der Waals surface area (Å²) >= 11 is 0. The number of rotatable bonds is 1. The Bertz CT molecular complexity index is 584. The van der Waals surface area contributed by atoms with Gasteiger partial charge in [-0.2, -0.15) is 0 Å². The van der Waals surface area contributed by atoms with Crippen LogP contribution in [-0.4, -0.2) is 30.4 Å². The molecule has 1 heterocycles. The number of hydrogen-bond acceptors (Lipinski definition) is 2. The lowest BCUT2D eigenvalue weighted by molar-refractivity contribution is 0.0777. The SMILES string of the molecule is CC1(C)CCN(C(=O)c2cc(F)ccc2C#CCN)C1. The lowest BCUT2D eigenvalue weighted by Crippen LogP contribution is -2.30. The van der Waals surface area contributed by atoms with E-state index >= 15 is 0 Å². The predicted octanol–water partition coefficient (Wildman–Crippen LogP) is 2.01. The molecule has 1 aromatic rings. The third kappa shape index (κ3) is 3.17. The molecule has 0 aromatic heterocycles. The molecule has 0 saturated carbocycles. The highest BCUT2D eigenvalue weighted by atomic mass is 19.1. The highest BCUT2D eigenvalue weighted by Gasteiger charge is 2.33. The van der Waals surface area contributed by atoms with E-state index in [1.165, 1.54) is 18.2 Å². The average Bonchev–Trinajstić information content (AvgIpc) is 2.77. The third-order valence-corrected chi connectivity index (χ3v) is 3.50. The van der Waals surface area contributed by atoms with Crippen molar-refractivity contribution < 1.29 is 9.18 Å². The van der Waals surface area contributed by atoms with Crippen LogP contribution in [0.2, 0.25) is 0 Å². The Kier molecular flexibility index (Phi) is 4.10. The zero-order valence-corrected chi connectivity index (χ0v) is 11.9. The van der Waals surface area contributed by atoms with E-state index in [9.17, 15) is 9.18 Å². The van der Waals surface area contributed by atoms with Crippen LogP contribution in [0.1, 0.15) is 36.2 Å². The fraction of sp³-hybridized carbons (Fsp3) is 0.438. The van der Waals surface area contributed by atoms with Gasteiger partial charge in [0.05, 0.1) is 12.1 Å². The minimum Gasteiger partial charge on any atom is -0.338 e. The smallest absolute Gasteiger partial charge is 0.255 e. The first-order chi connectivity index (χ1) is 9.43. The largest absolute Gasteiger partial charge is 0.338 e. The Morgan fingerprint density at radius 3 is 2.85 bits per heavy atom. The second-order valence-corrected chi connectivity index (χ2v) is 5.84. The van der Waals surface area contributed by atoms with Crippen molar-refractivity contribution in [2.75, 3.05) is 19.6 Å². The van der Waals surface area contributed by atoms with E-state index in [0.29, 0.717) is 24.2 Å². The van der Waals surface area contributed by atoms with Crippen molar-refractivity contribution in [2.24, 2.45) is 11.1 Å². The van der Waals surface area contributed by atoms with Gasteiger partial charge in [-0.3, -0.25) is 4.79 Å². The third-order valence-electron chi connectivity index (χ3n) is 3.50. The average molecular weight is 274 g/mol. The summed E-state index contributed by atoms with van der Waals surface area (Å²) in [6, 6.07) is 4.10. The molecular formula is C16H19FN2O. The Morgan fingerprint density at radius 1 is 1.50 bits per heavy atom. The molecule has 1 aliphatic rings. The van der Waals surface area contributed by atoms with Crippen molar-refractivity contribution in [3.8, 4) is 11.8 Å². The van der Waals surface area contributed by atoms with E-state index in [1.54, 1.807) is 4.90 Å². The van der Waals surface area contributed by atoms with Crippen LogP contribution < -0.4 is 5.73 Å². The van der Waals surface area contributed by atoms with Crippen molar-refractivity contribution >= 4 is 5.91 Å². The minimum atomic E-state index is -0.426. The minimum absolute atomic E-state index is 0.117. The van der Waals surface area contributed by atoms with Gasteiger partial charge in [0, 0.05) is 18.7 Å². The first kappa shape index (κ1) is 14.5. The summed E-state index contributed by atoms with van der Waals surface area (Å²) in [4.78, 5) is 14.3. The standard InChI is InChI=1S/C16H19FN2O/c1-16(2)7-9-19(11-16)15(20)14-10-13(17)6-5-12(14)4-3-8-18/h5-6,10H,7-9,11,18H2,1-2H3. The maximum atomic E-state index is 13.4. The molecule has 1 aromatic carbocycles. The molecule has 2 rings (SSSR count). The highest BCUT2D eigenvalue weighted by molar-refractivity contribution is 5.97. The van der Waals surface area contributed by atoms with Crippen LogP contribution in [0.3, 0.4) is 0 Å². The molecule has 0 radical (unpaired) electrons. The van der Waals surface area contributed by atoms with Gasteiger partial charge in [0.15, 0.2) is 0 Å². The van der Waals surface area contributed by atoms with E-state index in [-0.39, 0.29) is 17.9 Å². The maximum absolute atomic E-state index is 13.4. The second-order valence-electron chi connectivity index (χ2n) is 5.84. The van der Waals surface area contributed by atoms with Gasteiger partial charge >= 0.3 is 0 Å². The molecule has 106 valence electrons. The molecule has 4 heteroatoms. The second kappa shape index (κ2) is 5.64. The quantitative estimate of drug-likeness (QED) is 0.796. The van der Waals surface area contributed by atoms with Crippen LogP contribution in [0, 0.1) is 23.1 Å². The molecule has 2 N–H and O–H groups in total. The number of carbonyl (C=O) groups is 1. The number of amides is 1. The van der Waals surface area contributed by atoms with Crippen LogP contribution in [0.15, 0.2) is 18.2 Å². The van der Waals surface area contributed by atoms with Gasteiger partial charge in [-0.05, 0) is 30.0 Å². The first-order valence-electron chi connectivity index (χ1n) is 6.71. The van der Waals surface area contributed by atoms with Crippen molar-refractivity contribution in [3.63, 3.8) is 0 Å². The molecule has 20 heavy (non-hydrogen) atoms. The van der Waals surface area contributed by atoms with E-state index in [4.69, 9.17) is 5.73 Å². The van der Waals surface area contributed by atoms with Crippen molar-refractivity contribution in [1.82, 2.24) is 4.90 Å². The fourth-order valence-electron chi connectivity index (χ4n) is 2.40. The van der Waals surface area contributed by atoms with Crippen LogP contribution in [-0.2, 0) is 0 Å². The van der Waals surface area contributed by atoms with E-state index in [1.807, 2.05) is 0 Å². The zero-order chi connectivity index (χ0) is 14.8. The van der Waals surface area contributed by atoms with Crippen molar-refractivity contribution in [3.05, 3.63) is 35.1 Å². The zero-order valence-electron chi connectivity index (χ0n) is 11.9. The number of nitrogens with zero attached hydrogens (tertiary/aromatic N) is 1. The van der Waals surface area contributed by atoms with Crippen molar-refractivity contribution in [2.45, 2.75) is 20.3 Å². The molecule has 0 bridgehead atoms. The number of nitrogens with two attached hydrogens (primary N) is 1. The summed E-state index contributed by atoms with van der Waals surface area (Å²) in [5, 5.41) is 0. The summed E-state index contributed by atoms with van der Waals surface area (Å²) in [6.45, 7) is 5.85. The van der Waals surface area contributed by atoms with Gasteiger partial charge in [-0.25, -0.2) is 4.39 Å². The Hall–Kier alpha value is -1.86. The Balaban J connectivity index is 2.31. The van der Waals surface area contributed by atoms with Crippen LogP contribution in [0.5, 0.6) is 0 Å². The highest BCUT2D eigenvalue weighted by Crippen LogP contribution is 2.30. The van der Waals surface area contributed by atoms with Gasteiger partial charge < -0.3 is 10.6 Å². The van der Waals surface area contributed by atoms with Gasteiger partial charge in [0.25, 0.3) is 5.91 Å². The molecule has 0 unspecified atom stereocenters. The summed E-state index contributed by atoms with van der Waals surface area (Å²) in [5.74, 6) is 4.96. The molecular weight excluding hydrogens is 255 g/mol. The monoisotopic (exact) mass is 274 g/mol. The summed E-state index contributed by atoms with van der Waals surface area (Å²) < 4.78 is 13.4. The molecule has 1 fully saturated rings. The van der Waals surface area contributed by atoms with Crippen LogP contribution >= 0.6 is 0 Å². The Labute approximate surface area is 119 Å². The molecule has 1 amide bonds. The number of hydrogen-bond donors (Lipinski definition) is 1. The maximum Gasteiger partial charge on any atom is 0.255 e. The normalized spacial score (nSPS) is 16.7. The summed E-state index contributed by atoms with van der Waals surface area (Å²) in [5.41, 5.74) is 6.32. The molecule has 1 aliphatic heterocycles. The number of benzene rings is 1. The number of carbonyl (C=O) groups excluding carboxylic acids is 1. The lowest BCUT2D eigenvalue weighted by atomic mass is 9.93. The Morgan fingerprint density at radius 2 is 2.25 bits per heavy atom. The van der Waals surface area contributed by atoms with E-state index in [2.05, 4.69) is 25.7 Å². The fourth-order valence-corrected chi connectivity index (χ4v) is 2.40. The molecule has 1 saturated heterocycles. The number of halogens is 1. The predicted molar refractivity (Wildman–Crippen MR) is 76.6 cm³/mol. The molecule has 3 nitrogen and oxygen atoms in total.